The van der Waals surface area contributed by atoms with Crippen LogP contribution in [0.5, 0.6) is 0 Å². The fraction of sp³-hybridized carbons (Fsp3) is 0.660. The molecule has 0 atom stereocenters. The predicted molar refractivity (Wildman–Crippen MR) is 245 cm³/mol. The maximum atomic E-state index is 12.5. The Hall–Kier alpha value is -3.67. The van der Waals surface area contributed by atoms with Gasteiger partial charge in [0.15, 0.2) is 11.6 Å². The van der Waals surface area contributed by atoms with E-state index < -0.39 is 0 Å². The van der Waals surface area contributed by atoms with E-state index in [1.807, 2.05) is 92.9 Å². The Kier molecular flexibility index (Phi) is 21.8. The Labute approximate surface area is 360 Å². The number of nitrogens with two attached hydrogens (primary N) is 1. The second-order valence-electron chi connectivity index (χ2n) is 16.3. The van der Waals surface area contributed by atoms with Crippen LogP contribution in [0.1, 0.15) is 146 Å². The summed E-state index contributed by atoms with van der Waals surface area (Å²) in [7, 11) is 0. The van der Waals surface area contributed by atoms with Crippen LogP contribution in [0.3, 0.4) is 0 Å². The predicted octanol–water partition coefficient (Wildman–Crippen LogP) is 9.81. The van der Waals surface area contributed by atoms with E-state index in [1.54, 1.807) is 4.90 Å². The number of nitrogens with one attached hydrogen (secondary N) is 3. The van der Waals surface area contributed by atoms with E-state index in [0.717, 1.165) is 113 Å². The van der Waals surface area contributed by atoms with Gasteiger partial charge < -0.3 is 36.4 Å². The third-order valence-corrected chi connectivity index (χ3v) is 12.8. The quantitative estimate of drug-likeness (QED) is 0.173. The third kappa shape index (κ3) is 15.1. The van der Waals surface area contributed by atoms with E-state index >= 15 is 0 Å². The molecule has 5 aliphatic rings. The number of carbonyl (C=O) groups excluding carboxylic acids is 4. The SMILES string of the molecule is CCC1CCCC1.CCN.CCN(CC)C(=O)Cl.CCN(CC)C(=O)N1CCC2(CCC(=O)c3ccccc3N2)CC1.O=C1CCC2(CCNCC2)Nc2ccccc21. The van der Waals surface area contributed by atoms with E-state index in [-0.39, 0.29) is 34.0 Å². The molecule has 2 spiro atoms. The van der Waals surface area contributed by atoms with Crippen molar-refractivity contribution in [3.8, 4) is 0 Å². The van der Waals surface area contributed by atoms with Gasteiger partial charge in [0.2, 0.25) is 0 Å². The Morgan fingerprint density at radius 3 is 1.49 bits per heavy atom. The molecule has 2 aromatic rings. The number of nitrogens with zero attached hydrogens (tertiary/aromatic N) is 3. The van der Waals surface area contributed by atoms with Gasteiger partial charge in [-0.25, -0.2) is 4.79 Å². The fourth-order valence-corrected chi connectivity index (χ4v) is 8.95. The molecule has 7 rings (SSSR count). The summed E-state index contributed by atoms with van der Waals surface area (Å²) in [5, 5.41) is 10.3. The number of anilines is 2. The van der Waals surface area contributed by atoms with Gasteiger partial charge in [-0.05, 0) is 128 Å². The van der Waals surface area contributed by atoms with Gasteiger partial charge in [0, 0.05) is 85.7 Å². The van der Waals surface area contributed by atoms with Gasteiger partial charge in [-0.15, -0.1) is 0 Å². The monoisotopic (exact) mass is 838 g/mol. The average molecular weight is 839 g/mol. The second-order valence-corrected chi connectivity index (χ2v) is 16.7. The molecule has 3 fully saturated rings. The number of Topliss-reactive ketones (excluding diaryl/α,β-unsaturated/α-hetero) is 2. The molecule has 4 aliphatic heterocycles. The normalized spacial score (nSPS) is 18.7. The van der Waals surface area contributed by atoms with Crippen molar-refractivity contribution in [2.24, 2.45) is 11.7 Å². The van der Waals surface area contributed by atoms with Gasteiger partial charge in [-0.2, -0.15) is 0 Å². The van der Waals surface area contributed by atoms with Gasteiger partial charge in [0.25, 0.3) is 0 Å². The van der Waals surface area contributed by atoms with Gasteiger partial charge in [-0.1, -0.05) is 70.2 Å². The lowest BCUT2D eigenvalue weighted by molar-refractivity contribution is 0.0959. The Balaban J connectivity index is 0.000000229. The minimum atomic E-state index is -0.366. The van der Waals surface area contributed by atoms with Gasteiger partial charge in [0.05, 0.1) is 0 Å². The van der Waals surface area contributed by atoms with Crippen molar-refractivity contribution < 1.29 is 19.2 Å². The van der Waals surface area contributed by atoms with Crippen molar-refractivity contribution in [2.45, 2.75) is 136 Å². The van der Waals surface area contributed by atoms with Crippen LogP contribution in [0, 0.1) is 5.92 Å². The van der Waals surface area contributed by atoms with Crippen molar-refractivity contribution in [1.82, 2.24) is 20.0 Å². The number of urea groups is 1. The number of halogens is 1. The summed E-state index contributed by atoms with van der Waals surface area (Å²) >= 11 is 5.13. The van der Waals surface area contributed by atoms with E-state index in [1.165, 1.54) is 32.1 Å². The summed E-state index contributed by atoms with van der Waals surface area (Å²) in [5.74, 6) is 1.60. The standard InChI is InChI=1S/C19H27N3O2.C14H18N2O.C7H14.C5H10ClNO.C2H7N/c1-3-21(4-2)18(24)22-13-11-19(12-14-22)10-9-17(23)15-7-5-6-8-16(15)20-19;17-13-5-6-14(7-9-15-10-8-14)16-12-4-2-1-3-11(12)13;1-2-7-5-3-4-6-7;1-3-7(4-2)5(6)8;1-2-3/h5-8,20H,3-4,9-14H2,1-2H3;1-4,15-16H,5-10H2;7H,2-6H2,1H3;3-4H2,1-2H3;2-3H2,1H3. The molecule has 12 heteroatoms. The Morgan fingerprint density at radius 1 is 0.695 bits per heavy atom. The van der Waals surface area contributed by atoms with Crippen LogP contribution in [0.15, 0.2) is 48.5 Å². The molecule has 0 aromatic heterocycles. The van der Waals surface area contributed by atoms with E-state index in [4.69, 9.17) is 17.3 Å². The number of benzene rings is 2. The minimum Gasteiger partial charge on any atom is -0.379 e. The number of amides is 3. The van der Waals surface area contributed by atoms with Crippen LogP contribution in [0.4, 0.5) is 21.0 Å². The molecule has 330 valence electrons. The fourth-order valence-electron chi connectivity index (χ4n) is 8.71. The van der Waals surface area contributed by atoms with Crippen LogP contribution in [0.25, 0.3) is 0 Å². The molecule has 0 bridgehead atoms. The molecule has 0 radical (unpaired) electrons. The van der Waals surface area contributed by atoms with Crippen molar-refractivity contribution in [3.05, 3.63) is 59.7 Å². The van der Waals surface area contributed by atoms with Crippen LogP contribution in [-0.4, -0.2) is 108 Å². The molecule has 1 aliphatic carbocycles. The van der Waals surface area contributed by atoms with Gasteiger partial charge in [0.1, 0.15) is 0 Å². The lowest BCUT2D eigenvalue weighted by Gasteiger charge is -2.43. The molecule has 11 nitrogen and oxygen atoms in total. The topological polar surface area (TPSA) is 140 Å². The maximum absolute atomic E-state index is 12.5. The maximum Gasteiger partial charge on any atom is 0.319 e. The first-order valence-electron chi connectivity index (χ1n) is 22.6. The summed E-state index contributed by atoms with van der Waals surface area (Å²) in [4.78, 5) is 52.6. The van der Waals surface area contributed by atoms with E-state index in [0.29, 0.717) is 25.9 Å². The first kappa shape index (κ1) is 49.7. The number of piperidine rings is 2. The zero-order valence-corrected chi connectivity index (χ0v) is 37.9. The molecule has 2 aromatic carbocycles. The molecular weight excluding hydrogens is 762 g/mol. The van der Waals surface area contributed by atoms with Crippen LogP contribution < -0.4 is 21.7 Å². The molecule has 2 saturated heterocycles. The van der Waals surface area contributed by atoms with Crippen molar-refractivity contribution in [2.75, 3.05) is 69.5 Å². The van der Waals surface area contributed by atoms with Crippen LogP contribution in [-0.2, 0) is 0 Å². The molecular formula is C47H76ClN7O4. The number of fused-ring (bicyclic) bond motifs is 2. The molecule has 0 unspecified atom stereocenters. The first-order chi connectivity index (χ1) is 28.4. The number of likely N-dealkylation sites (tertiary alicyclic amines) is 1. The highest BCUT2D eigenvalue weighted by Crippen LogP contribution is 2.37. The van der Waals surface area contributed by atoms with E-state index in [2.05, 4.69) is 22.9 Å². The largest absolute Gasteiger partial charge is 0.379 e. The lowest BCUT2D eigenvalue weighted by atomic mass is 9.83. The Bertz CT molecular complexity index is 1580. The number of hydrogen-bond acceptors (Lipinski definition) is 8. The smallest absolute Gasteiger partial charge is 0.319 e. The highest BCUT2D eigenvalue weighted by molar-refractivity contribution is 6.62. The number of carbonyl (C=O) groups is 4. The minimum absolute atomic E-state index is 0.0672. The van der Waals surface area contributed by atoms with Gasteiger partial charge >= 0.3 is 11.4 Å². The van der Waals surface area contributed by atoms with Gasteiger partial charge in [-0.3, -0.25) is 14.4 Å². The summed E-state index contributed by atoms with van der Waals surface area (Å²) in [6.45, 7) is 19.2. The number of ketones is 2. The number of rotatable bonds is 5. The second kappa shape index (κ2) is 25.8. The van der Waals surface area contributed by atoms with Crippen molar-refractivity contribution in [3.63, 3.8) is 0 Å². The van der Waals surface area contributed by atoms with Crippen molar-refractivity contribution in [1.29, 1.82) is 0 Å². The molecule has 5 N–H and O–H groups in total. The van der Waals surface area contributed by atoms with E-state index in [9.17, 15) is 19.2 Å². The highest BCUT2D eigenvalue weighted by atomic mass is 35.5. The summed E-state index contributed by atoms with van der Waals surface area (Å²) in [6, 6.07) is 15.8. The molecule has 59 heavy (non-hydrogen) atoms. The summed E-state index contributed by atoms with van der Waals surface area (Å²) in [6.07, 6.45) is 14.5. The number of para-hydroxylation sites is 2. The zero-order valence-electron chi connectivity index (χ0n) is 37.2. The Morgan fingerprint density at radius 2 is 1.12 bits per heavy atom. The average Bonchev–Trinajstić information content (AvgIpc) is 3.70. The van der Waals surface area contributed by atoms with Crippen LogP contribution >= 0.6 is 11.6 Å². The van der Waals surface area contributed by atoms with Crippen LogP contribution in [0.2, 0.25) is 0 Å². The molecule has 4 heterocycles. The lowest BCUT2D eigenvalue weighted by Crippen LogP contribution is -2.53. The molecule has 1 saturated carbocycles. The highest BCUT2D eigenvalue weighted by Gasteiger charge is 2.39. The summed E-state index contributed by atoms with van der Waals surface area (Å²) in [5.41, 5.74) is 8.55. The molecule has 3 amide bonds. The first-order valence-corrected chi connectivity index (χ1v) is 23.0. The zero-order chi connectivity index (χ0) is 43.3. The summed E-state index contributed by atoms with van der Waals surface area (Å²) < 4.78 is 0. The van der Waals surface area contributed by atoms with Crippen molar-refractivity contribution >= 4 is 45.9 Å². The number of hydrogen-bond donors (Lipinski definition) is 4. The third-order valence-electron chi connectivity index (χ3n) is 12.6.